The number of esters is 1. The first-order chi connectivity index (χ1) is 13.0. The predicted octanol–water partition coefficient (Wildman–Crippen LogP) is 2.23. The zero-order chi connectivity index (χ0) is 19.2. The first kappa shape index (κ1) is 18.1. The number of rotatable bonds is 6. The molecule has 0 saturated carbocycles. The fourth-order valence-electron chi connectivity index (χ4n) is 2.32. The number of benzene rings is 2. The lowest BCUT2D eigenvalue weighted by Gasteiger charge is -2.09. The van der Waals surface area contributed by atoms with E-state index in [1.54, 1.807) is 30.3 Å². The number of ketones is 1. The van der Waals surface area contributed by atoms with E-state index in [9.17, 15) is 18.8 Å². The lowest BCUT2D eigenvalue weighted by molar-refractivity contribution is -0.144. The molecule has 0 atom stereocenters. The number of ether oxygens (including phenoxy) is 2. The summed E-state index contributed by atoms with van der Waals surface area (Å²) in [7, 11) is 0. The first-order valence-electron chi connectivity index (χ1n) is 7.98. The Balaban J connectivity index is 1.63. The zero-order valence-electron chi connectivity index (χ0n) is 14.0. The maximum Gasteiger partial charge on any atom is 0.347 e. The van der Waals surface area contributed by atoms with E-state index < -0.39 is 30.1 Å². The second kappa shape index (κ2) is 8.13. The summed E-state index contributed by atoms with van der Waals surface area (Å²) in [6.45, 7) is -0.983. The van der Waals surface area contributed by atoms with Crippen LogP contribution >= 0.6 is 0 Å². The van der Waals surface area contributed by atoms with Gasteiger partial charge in [-0.05, 0) is 24.3 Å². The lowest BCUT2D eigenvalue weighted by atomic mass is 10.2. The van der Waals surface area contributed by atoms with Crippen molar-refractivity contribution in [3.8, 4) is 0 Å². The van der Waals surface area contributed by atoms with Crippen molar-refractivity contribution in [1.82, 2.24) is 0 Å². The van der Waals surface area contributed by atoms with Crippen LogP contribution in [0, 0.1) is 5.82 Å². The molecule has 0 saturated heterocycles. The highest BCUT2D eigenvalue weighted by Crippen LogP contribution is 2.20. The Kier molecular flexibility index (Phi) is 5.46. The fraction of sp³-hybridized carbons (Fsp3) is 0.105. The van der Waals surface area contributed by atoms with Crippen molar-refractivity contribution < 1.29 is 28.2 Å². The molecule has 0 radical (unpaired) electrons. The smallest absolute Gasteiger partial charge is 0.347 e. The summed E-state index contributed by atoms with van der Waals surface area (Å²) in [6, 6.07) is 14.4. The van der Waals surface area contributed by atoms with E-state index in [0.717, 1.165) is 0 Å². The monoisotopic (exact) mass is 370 g/mol. The minimum absolute atomic E-state index is 0.0364. The molecule has 2 N–H and O–H groups in total. The Morgan fingerprint density at radius 2 is 1.78 bits per heavy atom. The van der Waals surface area contributed by atoms with Gasteiger partial charge in [0.05, 0.1) is 5.69 Å². The molecular formula is C19H15FN2O5. The molecule has 0 bridgehead atoms. The maximum absolute atomic E-state index is 13.5. The number of carbonyl (C=O) groups excluding carboxylic acids is 3. The van der Waals surface area contributed by atoms with E-state index in [2.05, 4.69) is 10.6 Å². The van der Waals surface area contributed by atoms with Crippen LogP contribution in [0.1, 0.15) is 0 Å². The van der Waals surface area contributed by atoms with Gasteiger partial charge in [0.15, 0.2) is 18.8 Å². The van der Waals surface area contributed by atoms with Crippen molar-refractivity contribution in [2.75, 3.05) is 23.8 Å². The Labute approximate surface area is 153 Å². The standard InChI is InChI=1S/C19H15FN2O5/c20-13-8-4-5-9-14(13)22-16(24)11-27-19(25)17-15(23)10-26-18(17)21-12-6-2-1-3-7-12/h1-9,21H,10-11H2,(H,22,24). The van der Waals surface area contributed by atoms with Crippen molar-refractivity contribution in [3.63, 3.8) is 0 Å². The summed E-state index contributed by atoms with van der Waals surface area (Å²) in [5.41, 5.74) is 0.270. The third-order valence-electron chi connectivity index (χ3n) is 3.57. The Hall–Kier alpha value is -3.68. The maximum atomic E-state index is 13.5. The quantitative estimate of drug-likeness (QED) is 0.598. The van der Waals surface area contributed by atoms with E-state index in [1.165, 1.54) is 18.2 Å². The SMILES string of the molecule is O=C(COC(=O)C1=C(Nc2ccccc2)OCC1=O)Nc1ccccc1F. The van der Waals surface area contributed by atoms with Gasteiger partial charge >= 0.3 is 5.97 Å². The number of hydrogen-bond acceptors (Lipinski definition) is 6. The van der Waals surface area contributed by atoms with E-state index in [-0.39, 0.29) is 23.8 Å². The molecule has 1 aliphatic heterocycles. The highest BCUT2D eigenvalue weighted by atomic mass is 19.1. The predicted molar refractivity (Wildman–Crippen MR) is 94.0 cm³/mol. The summed E-state index contributed by atoms with van der Waals surface area (Å²) in [5.74, 6) is -2.95. The van der Waals surface area contributed by atoms with E-state index in [1.807, 2.05) is 6.07 Å². The zero-order valence-corrected chi connectivity index (χ0v) is 14.0. The molecule has 0 fully saturated rings. The molecular weight excluding hydrogens is 355 g/mol. The molecule has 3 rings (SSSR count). The summed E-state index contributed by atoms with van der Waals surface area (Å²) in [5, 5.41) is 5.10. The minimum Gasteiger partial charge on any atom is -0.470 e. The number of hydrogen-bond donors (Lipinski definition) is 2. The number of Topliss-reactive ketones (excluding diaryl/α,β-unsaturated/α-hetero) is 1. The second-order valence-electron chi connectivity index (χ2n) is 5.51. The van der Waals surface area contributed by atoms with E-state index >= 15 is 0 Å². The highest BCUT2D eigenvalue weighted by Gasteiger charge is 2.32. The van der Waals surface area contributed by atoms with Gasteiger partial charge in [0.1, 0.15) is 5.82 Å². The average molecular weight is 370 g/mol. The lowest BCUT2D eigenvalue weighted by Crippen LogP contribution is -2.24. The summed E-state index contributed by atoms with van der Waals surface area (Å²) >= 11 is 0. The van der Waals surface area contributed by atoms with Crippen LogP contribution in [-0.4, -0.2) is 30.9 Å². The van der Waals surface area contributed by atoms with Crippen LogP contribution < -0.4 is 10.6 Å². The van der Waals surface area contributed by atoms with Crippen molar-refractivity contribution >= 4 is 29.0 Å². The highest BCUT2D eigenvalue weighted by molar-refractivity contribution is 6.20. The Morgan fingerprint density at radius 3 is 2.52 bits per heavy atom. The van der Waals surface area contributed by atoms with Crippen LogP contribution in [-0.2, 0) is 23.9 Å². The number of para-hydroxylation sites is 2. The van der Waals surface area contributed by atoms with Crippen molar-refractivity contribution in [2.24, 2.45) is 0 Å². The molecule has 0 unspecified atom stereocenters. The van der Waals surface area contributed by atoms with Gasteiger partial charge < -0.3 is 20.1 Å². The van der Waals surface area contributed by atoms with Gasteiger partial charge in [-0.25, -0.2) is 9.18 Å². The van der Waals surface area contributed by atoms with Gasteiger partial charge in [0.2, 0.25) is 11.7 Å². The van der Waals surface area contributed by atoms with Gasteiger partial charge in [0, 0.05) is 5.69 Å². The van der Waals surface area contributed by atoms with Gasteiger partial charge in [-0.2, -0.15) is 0 Å². The van der Waals surface area contributed by atoms with Gasteiger partial charge in [-0.1, -0.05) is 30.3 Å². The number of anilines is 2. The Morgan fingerprint density at radius 1 is 1.07 bits per heavy atom. The van der Waals surface area contributed by atoms with Crippen LogP contribution in [0.2, 0.25) is 0 Å². The van der Waals surface area contributed by atoms with Crippen LogP contribution in [0.25, 0.3) is 0 Å². The molecule has 27 heavy (non-hydrogen) atoms. The molecule has 1 heterocycles. The van der Waals surface area contributed by atoms with Crippen molar-refractivity contribution in [2.45, 2.75) is 0 Å². The largest absolute Gasteiger partial charge is 0.470 e. The van der Waals surface area contributed by atoms with Gasteiger partial charge in [-0.15, -0.1) is 0 Å². The van der Waals surface area contributed by atoms with Crippen molar-refractivity contribution in [1.29, 1.82) is 0 Å². The number of nitrogens with one attached hydrogen (secondary N) is 2. The van der Waals surface area contributed by atoms with Crippen molar-refractivity contribution in [3.05, 3.63) is 71.9 Å². The number of halogens is 1. The molecule has 1 aliphatic rings. The third kappa shape index (κ3) is 4.49. The summed E-state index contributed by atoms with van der Waals surface area (Å²) < 4.78 is 23.6. The minimum atomic E-state index is -1.00. The van der Waals surface area contributed by atoms with Gasteiger partial charge in [0.25, 0.3) is 5.91 Å². The first-order valence-corrected chi connectivity index (χ1v) is 7.98. The number of carbonyl (C=O) groups is 3. The van der Waals surface area contributed by atoms with E-state index in [4.69, 9.17) is 9.47 Å². The molecule has 2 aromatic carbocycles. The molecule has 7 nitrogen and oxygen atoms in total. The molecule has 2 aromatic rings. The molecule has 0 aliphatic carbocycles. The Bertz CT molecular complexity index is 911. The summed E-state index contributed by atoms with van der Waals surface area (Å²) in [4.78, 5) is 36.0. The molecule has 1 amide bonds. The van der Waals surface area contributed by atoms with Crippen LogP contribution in [0.3, 0.4) is 0 Å². The number of amides is 1. The topological polar surface area (TPSA) is 93.7 Å². The molecule has 8 heteroatoms. The second-order valence-corrected chi connectivity index (χ2v) is 5.51. The molecule has 138 valence electrons. The van der Waals surface area contributed by atoms with E-state index in [0.29, 0.717) is 5.69 Å². The summed E-state index contributed by atoms with van der Waals surface area (Å²) in [6.07, 6.45) is 0. The normalized spacial score (nSPS) is 13.1. The fourth-order valence-corrected chi connectivity index (χ4v) is 2.32. The average Bonchev–Trinajstić information content (AvgIpc) is 3.03. The van der Waals surface area contributed by atoms with Gasteiger partial charge in [-0.3, -0.25) is 9.59 Å². The molecule has 0 spiro atoms. The molecule has 0 aromatic heterocycles. The van der Waals surface area contributed by atoms with Crippen LogP contribution in [0.15, 0.2) is 66.1 Å². The third-order valence-corrected chi connectivity index (χ3v) is 3.57. The van der Waals surface area contributed by atoms with Crippen LogP contribution in [0.4, 0.5) is 15.8 Å². The van der Waals surface area contributed by atoms with Crippen LogP contribution in [0.5, 0.6) is 0 Å².